The van der Waals surface area contributed by atoms with Gasteiger partial charge in [-0.3, -0.25) is 14.9 Å². The van der Waals surface area contributed by atoms with Crippen LogP contribution in [0.2, 0.25) is 0 Å². The molecule has 1 aliphatic carbocycles. The van der Waals surface area contributed by atoms with Crippen LogP contribution >= 0.6 is 0 Å². The molecule has 0 aromatic heterocycles. The molecule has 0 heterocycles. The van der Waals surface area contributed by atoms with E-state index in [0.29, 0.717) is 23.1 Å². The molecule has 0 N–H and O–H groups in total. The summed E-state index contributed by atoms with van der Waals surface area (Å²) in [4.78, 5) is 22.6. The standard InChI is InChI=1S/C18H16FNO4/c1-11-12(5-4-8-17(11)20(22)23)10-24-18(21)15-9-14(15)13-6-2-3-7-16(13)19/h2-8,14-15H,9-10H2,1H3/t14-,15+/m1/s1. The molecule has 0 radical (unpaired) electrons. The van der Waals surface area contributed by atoms with Gasteiger partial charge in [-0.05, 0) is 30.5 Å². The summed E-state index contributed by atoms with van der Waals surface area (Å²) < 4.78 is 19.0. The molecule has 24 heavy (non-hydrogen) atoms. The quantitative estimate of drug-likeness (QED) is 0.474. The molecule has 0 spiro atoms. The van der Waals surface area contributed by atoms with Crippen LogP contribution in [0.5, 0.6) is 0 Å². The molecular weight excluding hydrogens is 313 g/mol. The molecule has 0 amide bonds. The molecule has 124 valence electrons. The van der Waals surface area contributed by atoms with Crippen LogP contribution in [0.1, 0.15) is 29.0 Å². The molecule has 2 aromatic rings. The summed E-state index contributed by atoms with van der Waals surface area (Å²) in [5, 5.41) is 10.9. The van der Waals surface area contributed by atoms with E-state index in [1.54, 1.807) is 37.3 Å². The number of nitro benzene ring substituents is 1. The first-order chi connectivity index (χ1) is 11.5. The SMILES string of the molecule is Cc1c(COC(=O)[C@H]2C[C@@H]2c2ccccc2F)cccc1[N+](=O)[O-]. The third kappa shape index (κ3) is 3.13. The molecule has 2 atom stereocenters. The van der Waals surface area contributed by atoms with Crippen molar-refractivity contribution in [2.45, 2.75) is 25.9 Å². The maximum atomic E-state index is 13.7. The van der Waals surface area contributed by atoms with Crippen molar-refractivity contribution in [3.8, 4) is 0 Å². The van der Waals surface area contributed by atoms with Crippen molar-refractivity contribution in [1.82, 2.24) is 0 Å². The molecule has 3 rings (SSSR count). The van der Waals surface area contributed by atoms with Crippen LogP contribution in [-0.4, -0.2) is 10.9 Å². The third-order valence-corrected chi connectivity index (χ3v) is 4.38. The summed E-state index contributed by atoms with van der Waals surface area (Å²) in [6.45, 7) is 1.60. The van der Waals surface area contributed by atoms with Crippen molar-refractivity contribution in [3.05, 3.63) is 75.1 Å². The normalized spacial score (nSPS) is 18.9. The van der Waals surface area contributed by atoms with E-state index in [1.807, 2.05) is 0 Å². The van der Waals surface area contributed by atoms with Gasteiger partial charge in [0.2, 0.25) is 0 Å². The van der Waals surface area contributed by atoms with Crippen LogP contribution in [0.4, 0.5) is 10.1 Å². The number of benzene rings is 2. The summed E-state index contributed by atoms with van der Waals surface area (Å²) in [5.74, 6) is -1.20. The second-order valence-electron chi connectivity index (χ2n) is 5.90. The summed E-state index contributed by atoms with van der Waals surface area (Å²) in [6.07, 6.45) is 0.563. The Kier molecular flexibility index (Phi) is 4.29. The summed E-state index contributed by atoms with van der Waals surface area (Å²) in [7, 11) is 0. The maximum Gasteiger partial charge on any atom is 0.309 e. The van der Waals surface area contributed by atoms with Crippen molar-refractivity contribution in [2.24, 2.45) is 5.92 Å². The summed E-state index contributed by atoms with van der Waals surface area (Å²) in [6, 6.07) is 11.1. The molecule has 2 aromatic carbocycles. The van der Waals surface area contributed by atoms with Gasteiger partial charge < -0.3 is 4.74 Å². The predicted octanol–water partition coefficient (Wildman–Crippen LogP) is 3.89. The van der Waals surface area contributed by atoms with Crippen molar-refractivity contribution >= 4 is 11.7 Å². The largest absolute Gasteiger partial charge is 0.461 e. The monoisotopic (exact) mass is 329 g/mol. The number of carbonyl (C=O) groups is 1. The number of esters is 1. The third-order valence-electron chi connectivity index (χ3n) is 4.38. The number of carbonyl (C=O) groups excluding carboxylic acids is 1. The first-order valence-electron chi connectivity index (χ1n) is 7.63. The summed E-state index contributed by atoms with van der Waals surface area (Å²) >= 11 is 0. The van der Waals surface area contributed by atoms with Crippen LogP contribution in [-0.2, 0) is 16.1 Å². The number of halogens is 1. The smallest absolute Gasteiger partial charge is 0.309 e. The number of nitrogens with zero attached hydrogens (tertiary/aromatic N) is 1. The first-order valence-corrected chi connectivity index (χ1v) is 7.63. The molecule has 6 heteroatoms. The molecule has 1 saturated carbocycles. The van der Waals surface area contributed by atoms with Gasteiger partial charge in [-0.15, -0.1) is 0 Å². The molecule has 5 nitrogen and oxygen atoms in total. The molecule has 0 saturated heterocycles. The predicted molar refractivity (Wildman–Crippen MR) is 84.9 cm³/mol. The fraction of sp³-hybridized carbons (Fsp3) is 0.278. The van der Waals surface area contributed by atoms with Gasteiger partial charge >= 0.3 is 5.97 Å². The minimum atomic E-state index is -0.463. The fourth-order valence-electron chi connectivity index (χ4n) is 2.86. The van der Waals surface area contributed by atoms with Gasteiger partial charge in [0.15, 0.2) is 0 Å². The second kappa shape index (κ2) is 6.39. The van der Waals surface area contributed by atoms with E-state index in [4.69, 9.17) is 4.74 Å². The Morgan fingerprint density at radius 3 is 2.75 bits per heavy atom. The van der Waals surface area contributed by atoms with E-state index in [2.05, 4.69) is 0 Å². The van der Waals surface area contributed by atoms with Gasteiger partial charge in [-0.25, -0.2) is 4.39 Å². The fourth-order valence-corrected chi connectivity index (χ4v) is 2.86. The lowest BCUT2D eigenvalue weighted by Gasteiger charge is -2.08. The van der Waals surface area contributed by atoms with Gasteiger partial charge in [0.05, 0.1) is 10.8 Å². The number of rotatable bonds is 5. The highest BCUT2D eigenvalue weighted by Gasteiger charge is 2.46. The number of hydrogen-bond donors (Lipinski definition) is 0. The zero-order valence-electron chi connectivity index (χ0n) is 13.1. The van der Waals surface area contributed by atoms with Crippen LogP contribution in [0, 0.1) is 28.8 Å². The molecular formula is C18H16FNO4. The Labute approximate surface area is 138 Å². The Hall–Kier alpha value is -2.76. The molecule has 0 aliphatic heterocycles. The molecule has 1 aliphatic rings. The highest BCUT2D eigenvalue weighted by atomic mass is 19.1. The minimum Gasteiger partial charge on any atom is -0.461 e. The summed E-state index contributed by atoms with van der Waals surface area (Å²) in [5.41, 5.74) is 1.61. The van der Waals surface area contributed by atoms with Gasteiger partial charge in [0.1, 0.15) is 12.4 Å². The average molecular weight is 329 g/mol. The average Bonchev–Trinajstić information content (AvgIpc) is 3.34. The lowest BCUT2D eigenvalue weighted by Crippen LogP contribution is -2.09. The Morgan fingerprint density at radius 2 is 2.04 bits per heavy atom. The maximum absolute atomic E-state index is 13.7. The first kappa shape index (κ1) is 16.1. The van der Waals surface area contributed by atoms with E-state index in [1.165, 1.54) is 12.1 Å². The van der Waals surface area contributed by atoms with Gasteiger partial charge in [-0.1, -0.05) is 30.3 Å². The Morgan fingerprint density at radius 1 is 1.29 bits per heavy atom. The van der Waals surface area contributed by atoms with Gasteiger partial charge in [0, 0.05) is 17.5 Å². The molecule has 0 unspecified atom stereocenters. The molecule has 1 fully saturated rings. The second-order valence-corrected chi connectivity index (χ2v) is 5.90. The van der Waals surface area contributed by atoms with Crippen LogP contribution in [0.3, 0.4) is 0 Å². The number of nitro groups is 1. The van der Waals surface area contributed by atoms with E-state index >= 15 is 0 Å². The Bertz CT molecular complexity index is 805. The minimum absolute atomic E-state index is 0.000737. The van der Waals surface area contributed by atoms with Crippen molar-refractivity contribution < 1.29 is 18.8 Å². The van der Waals surface area contributed by atoms with E-state index in [0.717, 1.165) is 0 Å². The highest BCUT2D eigenvalue weighted by molar-refractivity contribution is 5.77. The lowest BCUT2D eigenvalue weighted by atomic mass is 10.1. The van der Waals surface area contributed by atoms with Crippen molar-refractivity contribution in [3.63, 3.8) is 0 Å². The number of hydrogen-bond acceptors (Lipinski definition) is 4. The van der Waals surface area contributed by atoms with Gasteiger partial charge in [0.25, 0.3) is 5.69 Å². The zero-order valence-corrected chi connectivity index (χ0v) is 13.1. The Balaban J connectivity index is 1.63. The van der Waals surface area contributed by atoms with E-state index < -0.39 is 10.9 Å². The van der Waals surface area contributed by atoms with Crippen LogP contribution < -0.4 is 0 Å². The van der Waals surface area contributed by atoms with Crippen molar-refractivity contribution in [2.75, 3.05) is 0 Å². The van der Waals surface area contributed by atoms with E-state index in [9.17, 15) is 19.3 Å². The van der Waals surface area contributed by atoms with Crippen LogP contribution in [0.25, 0.3) is 0 Å². The van der Waals surface area contributed by atoms with Gasteiger partial charge in [-0.2, -0.15) is 0 Å². The topological polar surface area (TPSA) is 69.4 Å². The highest BCUT2D eigenvalue weighted by Crippen LogP contribution is 2.49. The van der Waals surface area contributed by atoms with E-state index in [-0.39, 0.29) is 29.9 Å². The zero-order chi connectivity index (χ0) is 17.3. The molecule has 0 bridgehead atoms. The van der Waals surface area contributed by atoms with Crippen molar-refractivity contribution in [1.29, 1.82) is 0 Å². The number of ether oxygens (including phenoxy) is 1. The van der Waals surface area contributed by atoms with Crippen LogP contribution in [0.15, 0.2) is 42.5 Å². The lowest BCUT2D eigenvalue weighted by molar-refractivity contribution is -0.385.